The van der Waals surface area contributed by atoms with Crippen LogP contribution in [0, 0.1) is 12.8 Å². The molecule has 1 aromatic heterocycles. The molecule has 1 atom stereocenters. The van der Waals surface area contributed by atoms with Crippen LogP contribution in [0.2, 0.25) is 5.15 Å². The Morgan fingerprint density at radius 1 is 1.21 bits per heavy atom. The van der Waals surface area contributed by atoms with Gasteiger partial charge in [0.25, 0.3) is 0 Å². The first-order valence-corrected chi connectivity index (χ1v) is 10.5. The van der Waals surface area contributed by atoms with E-state index in [4.69, 9.17) is 16.7 Å². The van der Waals surface area contributed by atoms with Crippen LogP contribution in [0.25, 0.3) is 16.5 Å². The Balaban J connectivity index is 2.00. The minimum atomic E-state index is -0.977. The summed E-state index contributed by atoms with van der Waals surface area (Å²) >= 11 is 7.77. The third-order valence-electron chi connectivity index (χ3n) is 4.98. The van der Waals surface area contributed by atoms with Gasteiger partial charge in [-0.15, -0.1) is 0 Å². The number of thioether (sulfide) groups is 1. The Kier molecular flexibility index (Phi) is 6.05. The smallest absolute Gasteiger partial charge is 0.306 e. The van der Waals surface area contributed by atoms with Crippen LogP contribution in [0.5, 0.6) is 0 Å². The fourth-order valence-electron chi connectivity index (χ4n) is 3.13. The van der Waals surface area contributed by atoms with E-state index in [0.29, 0.717) is 10.3 Å². The molecule has 152 valence electrons. The van der Waals surface area contributed by atoms with E-state index in [2.05, 4.69) is 18.0 Å². The predicted molar refractivity (Wildman–Crippen MR) is 117 cm³/mol. The number of carbonyl (C=O) groups is 2. The highest BCUT2D eigenvalue weighted by Crippen LogP contribution is 2.38. The normalized spacial score (nSPS) is 12.9. The van der Waals surface area contributed by atoms with Crippen molar-refractivity contribution in [1.29, 1.82) is 0 Å². The van der Waals surface area contributed by atoms with Gasteiger partial charge in [-0.3, -0.25) is 14.2 Å². The summed E-state index contributed by atoms with van der Waals surface area (Å²) in [6.07, 6.45) is 1.54. The van der Waals surface area contributed by atoms with E-state index < -0.39 is 16.6 Å². The van der Waals surface area contributed by atoms with Gasteiger partial charge in [-0.1, -0.05) is 60.6 Å². The number of aliphatic carboxylic acids is 1. The number of hydrogen-bond acceptors (Lipinski definition) is 4. The number of rotatable bonds is 7. The largest absolute Gasteiger partial charge is 0.481 e. The average molecular weight is 431 g/mol. The van der Waals surface area contributed by atoms with Crippen LogP contribution in [0.15, 0.2) is 47.8 Å². The maximum atomic E-state index is 12.7. The minimum Gasteiger partial charge on any atom is -0.481 e. The van der Waals surface area contributed by atoms with Crippen LogP contribution >= 0.6 is 23.4 Å². The highest BCUT2D eigenvalue weighted by Gasteiger charge is 2.33. The summed E-state index contributed by atoms with van der Waals surface area (Å²) in [7, 11) is 0. The maximum Gasteiger partial charge on any atom is 0.306 e. The molecule has 0 amide bonds. The molecule has 0 saturated carbocycles. The molecule has 3 aromatic rings. The van der Waals surface area contributed by atoms with Gasteiger partial charge in [-0.25, -0.2) is 4.98 Å². The van der Waals surface area contributed by atoms with Gasteiger partial charge < -0.3 is 5.11 Å². The van der Waals surface area contributed by atoms with Crippen molar-refractivity contribution >= 4 is 45.9 Å². The Bertz CT molecular complexity index is 1090. The lowest BCUT2D eigenvalue weighted by Crippen LogP contribution is -2.31. The number of aryl methyl sites for hydroxylation is 1. The van der Waals surface area contributed by atoms with Crippen LogP contribution in [0.4, 0.5) is 0 Å². The molecule has 1 N–H and O–H groups in total. The lowest BCUT2D eigenvalue weighted by atomic mass is 9.97. The fraction of sp³-hybridized carbons (Fsp3) is 0.318. The summed E-state index contributed by atoms with van der Waals surface area (Å²) in [6, 6.07) is 12.1. The van der Waals surface area contributed by atoms with Gasteiger partial charge in [-0.2, -0.15) is 0 Å². The molecular weight excluding hydrogens is 408 g/mol. The standard InChI is InChI=1S/C22H23ClN2O3S/c1-13-9-10-17(16-8-6-5-7-15(13)16)25-19(23)12-24-21(25)29-22(3,4)18(26)11-14(2)20(27)28/h5-10,12,14H,11H2,1-4H3,(H,27,28). The number of Topliss-reactive ketones (excluding diaryl/α,β-unsaturated/α-hetero) is 1. The van der Waals surface area contributed by atoms with Gasteiger partial charge in [0.1, 0.15) is 10.9 Å². The first kappa shape index (κ1) is 21.4. The molecule has 0 aliphatic heterocycles. The molecule has 1 unspecified atom stereocenters. The molecule has 0 aliphatic carbocycles. The third kappa shape index (κ3) is 4.33. The minimum absolute atomic E-state index is 0.0305. The highest BCUT2D eigenvalue weighted by molar-refractivity contribution is 8.01. The number of carboxylic acids is 1. The van der Waals surface area contributed by atoms with Gasteiger partial charge in [-0.05, 0) is 37.8 Å². The molecule has 0 spiro atoms. The average Bonchev–Trinajstić information content (AvgIpc) is 3.01. The summed E-state index contributed by atoms with van der Waals surface area (Å²) < 4.78 is 0.986. The molecular formula is C22H23ClN2O3S. The highest BCUT2D eigenvalue weighted by atomic mass is 35.5. The molecule has 3 rings (SSSR count). The zero-order valence-electron chi connectivity index (χ0n) is 16.8. The molecule has 1 heterocycles. The van der Waals surface area contributed by atoms with Gasteiger partial charge in [0.05, 0.1) is 22.5 Å². The Labute approximate surface area is 179 Å². The maximum absolute atomic E-state index is 12.7. The van der Waals surface area contributed by atoms with Gasteiger partial charge in [0, 0.05) is 11.8 Å². The van der Waals surface area contributed by atoms with Crippen LogP contribution in [-0.2, 0) is 9.59 Å². The second-order valence-corrected chi connectivity index (χ2v) is 9.60. The summed E-state index contributed by atoms with van der Waals surface area (Å²) in [5.41, 5.74) is 2.05. The molecule has 0 saturated heterocycles. The molecule has 0 aliphatic rings. The number of imidazole rings is 1. The molecule has 7 heteroatoms. The third-order valence-corrected chi connectivity index (χ3v) is 6.45. The lowest BCUT2D eigenvalue weighted by Gasteiger charge is -2.24. The van der Waals surface area contributed by atoms with Crippen molar-refractivity contribution in [2.24, 2.45) is 5.92 Å². The molecule has 0 radical (unpaired) electrons. The van der Waals surface area contributed by atoms with Crippen molar-refractivity contribution in [3.63, 3.8) is 0 Å². The summed E-state index contributed by atoms with van der Waals surface area (Å²) in [5, 5.41) is 12.3. The Morgan fingerprint density at radius 3 is 2.52 bits per heavy atom. The summed E-state index contributed by atoms with van der Waals surface area (Å²) in [6.45, 7) is 7.17. The SMILES string of the molecule is Cc1ccc(-n2c(Cl)cnc2SC(C)(C)C(=O)CC(C)C(=O)O)c2ccccc12. The predicted octanol–water partition coefficient (Wildman–Crippen LogP) is 5.54. The number of ketones is 1. The van der Waals surface area contributed by atoms with E-state index >= 15 is 0 Å². The quantitative estimate of drug-likeness (QED) is 0.498. The van der Waals surface area contributed by atoms with Crippen molar-refractivity contribution in [3.8, 4) is 5.69 Å². The number of benzene rings is 2. The zero-order valence-corrected chi connectivity index (χ0v) is 18.3. The van der Waals surface area contributed by atoms with E-state index in [-0.39, 0.29) is 12.2 Å². The van der Waals surface area contributed by atoms with Crippen molar-refractivity contribution in [3.05, 3.63) is 53.3 Å². The Morgan fingerprint density at radius 2 is 1.86 bits per heavy atom. The second kappa shape index (κ2) is 8.20. The van der Waals surface area contributed by atoms with Crippen LogP contribution in [-0.4, -0.2) is 31.2 Å². The van der Waals surface area contributed by atoms with Crippen molar-refractivity contribution in [1.82, 2.24) is 9.55 Å². The van der Waals surface area contributed by atoms with E-state index in [0.717, 1.165) is 22.0 Å². The zero-order chi connectivity index (χ0) is 21.3. The molecule has 0 fully saturated rings. The van der Waals surface area contributed by atoms with E-state index in [9.17, 15) is 9.59 Å². The van der Waals surface area contributed by atoms with Crippen molar-refractivity contribution in [2.75, 3.05) is 0 Å². The first-order chi connectivity index (χ1) is 13.6. The van der Waals surface area contributed by atoms with Gasteiger partial charge >= 0.3 is 5.97 Å². The molecule has 5 nitrogen and oxygen atoms in total. The van der Waals surface area contributed by atoms with Gasteiger partial charge in [0.15, 0.2) is 5.16 Å². The number of halogens is 1. The van der Waals surface area contributed by atoms with Crippen LogP contribution in [0.1, 0.15) is 32.8 Å². The number of carbonyl (C=O) groups excluding carboxylic acids is 1. The second-order valence-electron chi connectivity index (χ2n) is 7.63. The lowest BCUT2D eigenvalue weighted by molar-refractivity contribution is -0.143. The van der Waals surface area contributed by atoms with Crippen molar-refractivity contribution in [2.45, 2.75) is 44.0 Å². The number of nitrogens with zero attached hydrogens (tertiary/aromatic N) is 2. The van der Waals surface area contributed by atoms with E-state index in [1.165, 1.54) is 18.7 Å². The van der Waals surface area contributed by atoms with Crippen molar-refractivity contribution < 1.29 is 14.7 Å². The fourth-order valence-corrected chi connectivity index (χ4v) is 4.45. The molecule has 2 aromatic carbocycles. The molecule has 29 heavy (non-hydrogen) atoms. The van der Waals surface area contributed by atoms with E-state index in [1.54, 1.807) is 20.0 Å². The number of hydrogen-bond donors (Lipinski definition) is 1. The van der Waals surface area contributed by atoms with Crippen LogP contribution < -0.4 is 0 Å². The summed E-state index contributed by atoms with van der Waals surface area (Å²) in [4.78, 5) is 28.3. The van der Waals surface area contributed by atoms with Gasteiger partial charge in [0.2, 0.25) is 0 Å². The Hall–Kier alpha value is -2.31. The van der Waals surface area contributed by atoms with E-state index in [1.807, 2.05) is 34.9 Å². The summed E-state index contributed by atoms with van der Waals surface area (Å²) in [5.74, 6) is -1.85. The number of fused-ring (bicyclic) bond motifs is 1. The monoisotopic (exact) mass is 430 g/mol. The van der Waals surface area contributed by atoms with Crippen LogP contribution in [0.3, 0.4) is 0 Å². The first-order valence-electron chi connectivity index (χ1n) is 9.29. The molecule has 0 bridgehead atoms. The number of aromatic nitrogens is 2. The number of carboxylic acid groups (broad SMARTS) is 1. The topological polar surface area (TPSA) is 72.2 Å².